The summed E-state index contributed by atoms with van der Waals surface area (Å²) in [4.78, 5) is 40.1. The number of anilines is 2. The highest BCUT2D eigenvalue weighted by Gasteiger charge is 2.49. The SMILES string of the molecule is CC1=CC[C@@H]2C(=O)N(c3ccccc3C(=O)Nc3ccc(Cl)c(Cl)c3)C(=O)[C@@H]2C1. The Balaban J connectivity index is 1.65. The molecule has 2 atom stereocenters. The van der Waals surface area contributed by atoms with Gasteiger partial charge in [0.2, 0.25) is 11.8 Å². The van der Waals surface area contributed by atoms with Gasteiger partial charge in [0.25, 0.3) is 5.91 Å². The van der Waals surface area contributed by atoms with Crippen LogP contribution < -0.4 is 10.2 Å². The van der Waals surface area contributed by atoms with Crippen LogP contribution >= 0.6 is 23.2 Å². The summed E-state index contributed by atoms with van der Waals surface area (Å²) >= 11 is 11.9. The van der Waals surface area contributed by atoms with Crippen molar-refractivity contribution in [3.8, 4) is 0 Å². The molecule has 1 aliphatic carbocycles. The number of carbonyl (C=O) groups is 3. The van der Waals surface area contributed by atoms with Gasteiger partial charge in [-0.15, -0.1) is 0 Å². The second kappa shape index (κ2) is 7.65. The van der Waals surface area contributed by atoms with Crippen LogP contribution in [0.4, 0.5) is 11.4 Å². The number of carbonyl (C=O) groups excluding carboxylic acids is 3. The molecule has 148 valence electrons. The first kappa shape index (κ1) is 19.7. The first-order chi connectivity index (χ1) is 13.9. The Kier molecular flexibility index (Phi) is 5.19. The van der Waals surface area contributed by atoms with E-state index in [0.717, 1.165) is 5.57 Å². The van der Waals surface area contributed by atoms with Gasteiger partial charge in [0.05, 0.1) is 33.1 Å². The Bertz CT molecular complexity index is 1060. The Hall–Kier alpha value is -2.63. The fourth-order valence-electron chi connectivity index (χ4n) is 3.91. The predicted octanol–water partition coefficient (Wildman–Crippen LogP) is 5.09. The van der Waals surface area contributed by atoms with Crippen LogP contribution in [0, 0.1) is 11.8 Å². The van der Waals surface area contributed by atoms with E-state index in [4.69, 9.17) is 23.2 Å². The van der Waals surface area contributed by atoms with E-state index in [1.165, 1.54) is 4.90 Å². The molecule has 1 heterocycles. The molecule has 0 spiro atoms. The minimum Gasteiger partial charge on any atom is -0.322 e. The Morgan fingerprint density at radius 2 is 1.76 bits per heavy atom. The second-order valence-corrected chi connectivity index (χ2v) is 8.13. The van der Waals surface area contributed by atoms with E-state index in [1.807, 2.05) is 13.0 Å². The summed E-state index contributed by atoms with van der Waals surface area (Å²) in [6, 6.07) is 11.4. The zero-order chi connectivity index (χ0) is 20.7. The Labute approximate surface area is 178 Å². The van der Waals surface area contributed by atoms with Gasteiger partial charge in [-0.3, -0.25) is 14.4 Å². The number of para-hydroxylation sites is 1. The van der Waals surface area contributed by atoms with Crippen LogP contribution in [0.25, 0.3) is 0 Å². The number of nitrogens with one attached hydrogen (secondary N) is 1. The minimum absolute atomic E-state index is 0.239. The molecule has 0 aromatic heterocycles. The molecular formula is C22H18Cl2N2O3. The third kappa shape index (κ3) is 3.56. The van der Waals surface area contributed by atoms with Gasteiger partial charge >= 0.3 is 0 Å². The van der Waals surface area contributed by atoms with Crippen LogP contribution in [0.2, 0.25) is 10.0 Å². The van der Waals surface area contributed by atoms with E-state index in [2.05, 4.69) is 5.32 Å². The van der Waals surface area contributed by atoms with Crippen LogP contribution in [0.3, 0.4) is 0 Å². The molecule has 2 aliphatic rings. The average Bonchev–Trinajstić information content (AvgIpc) is 2.94. The highest BCUT2D eigenvalue weighted by molar-refractivity contribution is 6.42. The molecule has 3 amide bonds. The number of fused-ring (bicyclic) bond motifs is 1. The van der Waals surface area contributed by atoms with E-state index in [-0.39, 0.29) is 29.2 Å². The summed E-state index contributed by atoms with van der Waals surface area (Å²) in [7, 11) is 0. The van der Waals surface area contributed by atoms with E-state index in [1.54, 1.807) is 42.5 Å². The molecule has 4 rings (SSSR count). The largest absolute Gasteiger partial charge is 0.322 e. The highest BCUT2D eigenvalue weighted by Crippen LogP contribution is 2.40. The maximum Gasteiger partial charge on any atom is 0.257 e. The van der Waals surface area contributed by atoms with Crippen LogP contribution in [0.5, 0.6) is 0 Å². The number of nitrogens with zero attached hydrogens (tertiary/aromatic N) is 1. The molecule has 1 saturated heterocycles. The quantitative estimate of drug-likeness (QED) is 0.546. The molecule has 0 unspecified atom stereocenters. The van der Waals surface area contributed by atoms with Gasteiger partial charge < -0.3 is 5.32 Å². The summed E-state index contributed by atoms with van der Waals surface area (Å²) in [6.45, 7) is 1.97. The smallest absolute Gasteiger partial charge is 0.257 e. The van der Waals surface area contributed by atoms with Gasteiger partial charge in [0.15, 0.2) is 0 Å². The van der Waals surface area contributed by atoms with Gasteiger partial charge in [0.1, 0.15) is 0 Å². The van der Waals surface area contributed by atoms with E-state index in [9.17, 15) is 14.4 Å². The van der Waals surface area contributed by atoms with Crippen molar-refractivity contribution in [1.29, 1.82) is 0 Å². The number of hydrogen-bond acceptors (Lipinski definition) is 3. The van der Waals surface area contributed by atoms with Gasteiger partial charge in [-0.25, -0.2) is 4.90 Å². The first-order valence-electron chi connectivity index (χ1n) is 9.25. The number of amides is 3. The van der Waals surface area contributed by atoms with Gasteiger partial charge in [-0.1, -0.05) is 47.0 Å². The summed E-state index contributed by atoms with van der Waals surface area (Å²) in [5.41, 5.74) is 2.11. The average molecular weight is 429 g/mol. The van der Waals surface area contributed by atoms with Crippen molar-refractivity contribution in [2.24, 2.45) is 11.8 Å². The number of rotatable bonds is 3. The van der Waals surface area contributed by atoms with Crippen molar-refractivity contribution in [2.45, 2.75) is 19.8 Å². The van der Waals surface area contributed by atoms with Crippen molar-refractivity contribution < 1.29 is 14.4 Å². The predicted molar refractivity (Wildman–Crippen MR) is 113 cm³/mol. The van der Waals surface area contributed by atoms with Crippen LogP contribution in [-0.4, -0.2) is 17.7 Å². The van der Waals surface area contributed by atoms with Crippen molar-refractivity contribution in [3.05, 3.63) is 69.7 Å². The molecule has 0 radical (unpaired) electrons. The van der Waals surface area contributed by atoms with Crippen molar-refractivity contribution in [1.82, 2.24) is 0 Å². The summed E-state index contributed by atoms with van der Waals surface area (Å²) in [5.74, 6) is -1.67. The second-order valence-electron chi connectivity index (χ2n) is 7.32. The molecule has 1 aliphatic heterocycles. The third-order valence-corrected chi connectivity index (χ3v) is 6.13. The number of imide groups is 1. The fraction of sp³-hybridized carbons (Fsp3) is 0.227. The Morgan fingerprint density at radius 3 is 2.52 bits per heavy atom. The maximum atomic E-state index is 13.0. The molecule has 2 aromatic carbocycles. The van der Waals surface area contributed by atoms with Crippen molar-refractivity contribution in [3.63, 3.8) is 0 Å². The zero-order valence-electron chi connectivity index (χ0n) is 15.6. The molecule has 1 fully saturated rings. The number of allylic oxidation sites excluding steroid dienone is 2. The highest BCUT2D eigenvalue weighted by atomic mass is 35.5. The van der Waals surface area contributed by atoms with Crippen LogP contribution in [0.1, 0.15) is 30.1 Å². The van der Waals surface area contributed by atoms with Gasteiger partial charge in [0, 0.05) is 5.69 Å². The van der Waals surface area contributed by atoms with E-state index < -0.39 is 5.91 Å². The van der Waals surface area contributed by atoms with Gasteiger partial charge in [-0.2, -0.15) is 0 Å². The van der Waals surface area contributed by atoms with Crippen molar-refractivity contribution >= 4 is 52.3 Å². The lowest BCUT2D eigenvalue weighted by atomic mass is 9.82. The maximum absolute atomic E-state index is 13.0. The standard InChI is InChI=1S/C22H18Cl2N2O3/c1-12-6-8-14-16(10-12)22(29)26(21(14)28)19-5-3-2-4-15(19)20(27)25-13-7-9-17(23)18(24)11-13/h2-7,9,11,14,16H,8,10H2,1H3,(H,25,27)/t14-,16+/m0/s1. The fourth-order valence-corrected chi connectivity index (χ4v) is 4.21. The van der Waals surface area contributed by atoms with Gasteiger partial charge in [-0.05, 0) is 50.1 Å². The normalized spacial score (nSPS) is 21.1. The topological polar surface area (TPSA) is 66.5 Å². The molecule has 29 heavy (non-hydrogen) atoms. The molecule has 7 heteroatoms. The Morgan fingerprint density at radius 1 is 1.03 bits per heavy atom. The summed E-state index contributed by atoms with van der Waals surface area (Å²) in [5, 5.41) is 3.44. The third-order valence-electron chi connectivity index (χ3n) is 5.39. The lowest BCUT2D eigenvalue weighted by molar-refractivity contribution is -0.122. The molecule has 1 N–H and O–H groups in total. The molecular weight excluding hydrogens is 411 g/mol. The lowest BCUT2D eigenvalue weighted by Crippen LogP contribution is -2.33. The molecule has 5 nitrogen and oxygen atoms in total. The number of hydrogen-bond donors (Lipinski definition) is 1. The zero-order valence-corrected chi connectivity index (χ0v) is 17.1. The van der Waals surface area contributed by atoms with Crippen molar-refractivity contribution in [2.75, 3.05) is 10.2 Å². The summed E-state index contributed by atoms with van der Waals surface area (Å²) in [6.07, 6.45) is 3.14. The molecule has 2 aromatic rings. The van der Waals surface area contributed by atoms with Crippen LogP contribution in [0.15, 0.2) is 54.1 Å². The number of halogens is 2. The lowest BCUT2D eigenvalue weighted by Gasteiger charge is -2.19. The molecule has 0 bridgehead atoms. The monoisotopic (exact) mass is 428 g/mol. The van der Waals surface area contributed by atoms with Crippen LogP contribution in [-0.2, 0) is 9.59 Å². The summed E-state index contributed by atoms with van der Waals surface area (Å²) < 4.78 is 0. The van der Waals surface area contributed by atoms with E-state index in [0.29, 0.717) is 34.3 Å². The molecule has 0 saturated carbocycles. The minimum atomic E-state index is -0.441. The van der Waals surface area contributed by atoms with E-state index >= 15 is 0 Å². The first-order valence-corrected chi connectivity index (χ1v) is 10.0. The number of benzene rings is 2.